The molecular weight excluding hydrogens is 416 g/mol. The highest BCUT2D eigenvalue weighted by atomic mass is 32.1. The van der Waals surface area contributed by atoms with Crippen molar-refractivity contribution in [1.82, 2.24) is 9.80 Å². The van der Waals surface area contributed by atoms with E-state index in [0.717, 1.165) is 18.0 Å². The van der Waals surface area contributed by atoms with Crippen molar-refractivity contribution in [1.29, 1.82) is 0 Å². The molecule has 2 aliphatic rings. The molecule has 0 spiro atoms. The van der Waals surface area contributed by atoms with Crippen LogP contribution in [0, 0.1) is 0 Å². The third-order valence-electron chi connectivity index (χ3n) is 5.72. The minimum atomic E-state index is -0.662. The Labute approximate surface area is 185 Å². The summed E-state index contributed by atoms with van der Waals surface area (Å²) in [5, 5.41) is 13.1. The van der Waals surface area contributed by atoms with Gasteiger partial charge in [-0.3, -0.25) is 9.59 Å². The number of nitrogens with zero attached hydrogens (tertiary/aromatic N) is 2. The Morgan fingerprint density at radius 1 is 1.16 bits per heavy atom. The topological polar surface area (TPSA) is 79.3 Å². The molecule has 0 saturated carbocycles. The van der Waals surface area contributed by atoms with Gasteiger partial charge in [-0.1, -0.05) is 19.9 Å². The van der Waals surface area contributed by atoms with Gasteiger partial charge in [0.1, 0.15) is 19.0 Å². The van der Waals surface area contributed by atoms with Crippen LogP contribution in [0.5, 0.6) is 11.5 Å². The Kier molecular flexibility index (Phi) is 6.29. The van der Waals surface area contributed by atoms with E-state index in [1.165, 1.54) is 11.3 Å². The van der Waals surface area contributed by atoms with Gasteiger partial charge in [0.05, 0.1) is 11.6 Å². The molecule has 7 nitrogen and oxygen atoms in total. The van der Waals surface area contributed by atoms with E-state index < -0.39 is 17.7 Å². The number of fused-ring (bicyclic) bond motifs is 1. The first-order chi connectivity index (χ1) is 15.0. The maximum atomic E-state index is 13.0. The van der Waals surface area contributed by atoms with Gasteiger partial charge in [-0.25, -0.2) is 0 Å². The van der Waals surface area contributed by atoms with Crippen LogP contribution in [0.15, 0.2) is 41.3 Å². The fourth-order valence-corrected chi connectivity index (χ4v) is 4.83. The van der Waals surface area contributed by atoms with Crippen LogP contribution in [0.25, 0.3) is 5.76 Å². The van der Waals surface area contributed by atoms with Crippen LogP contribution in [0.3, 0.4) is 0 Å². The molecule has 31 heavy (non-hydrogen) atoms. The predicted molar refractivity (Wildman–Crippen MR) is 119 cm³/mol. The molecule has 1 fully saturated rings. The number of aliphatic hydroxyl groups is 1. The number of thiophene rings is 1. The molecule has 0 aliphatic carbocycles. The number of Topliss-reactive ketones (excluding diaryl/α,β-unsaturated/α-hetero) is 1. The molecule has 3 heterocycles. The van der Waals surface area contributed by atoms with Crippen molar-refractivity contribution in [3.8, 4) is 11.5 Å². The lowest BCUT2D eigenvalue weighted by Gasteiger charge is -2.27. The molecular formula is C23H26N2O5S. The maximum absolute atomic E-state index is 13.0. The van der Waals surface area contributed by atoms with Crippen molar-refractivity contribution < 1.29 is 24.2 Å². The molecule has 2 aliphatic heterocycles. The van der Waals surface area contributed by atoms with Crippen LogP contribution in [-0.2, 0) is 9.59 Å². The number of rotatable bonds is 7. The molecule has 4 rings (SSSR count). The number of aliphatic hydroxyl groups excluding tert-OH is 1. The van der Waals surface area contributed by atoms with Crippen LogP contribution < -0.4 is 9.47 Å². The van der Waals surface area contributed by atoms with Crippen molar-refractivity contribution in [2.45, 2.75) is 19.9 Å². The third kappa shape index (κ3) is 4.05. The number of likely N-dealkylation sites (tertiary alicyclic amines) is 1. The van der Waals surface area contributed by atoms with E-state index in [1.807, 2.05) is 17.5 Å². The minimum absolute atomic E-state index is 0.115. The Morgan fingerprint density at radius 2 is 1.90 bits per heavy atom. The summed E-state index contributed by atoms with van der Waals surface area (Å²) in [7, 11) is 0. The summed E-state index contributed by atoms with van der Waals surface area (Å²) >= 11 is 1.46. The molecule has 1 amide bonds. The smallest absolute Gasteiger partial charge is 0.295 e. The molecule has 1 aromatic carbocycles. The van der Waals surface area contributed by atoms with Crippen molar-refractivity contribution >= 4 is 28.8 Å². The second kappa shape index (κ2) is 9.11. The highest BCUT2D eigenvalue weighted by Crippen LogP contribution is 2.42. The van der Waals surface area contributed by atoms with Gasteiger partial charge in [0, 0.05) is 23.5 Å². The number of carbonyl (C=O) groups is 2. The second-order valence-corrected chi connectivity index (χ2v) is 8.37. The third-order valence-corrected chi connectivity index (χ3v) is 6.64. The van der Waals surface area contributed by atoms with E-state index in [2.05, 4.69) is 18.7 Å². The van der Waals surface area contributed by atoms with Crippen LogP contribution >= 0.6 is 11.3 Å². The fourth-order valence-electron chi connectivity index (χ4n) is 3.99. The van der Waals surface area contributed by atoms with Crippen molar-refractivity contribution in [2.24, 2.45) is 0 Å². The Morgan fingerprint density at radius 3 is 2.58 bits per heavy atom. The Balaban J connectivity index is 1.74. The van der Waals surface area contributed by atoms with E-state index in [-0.39, 0.29) is 11.3 Å². The lowest BCUT2D eigenvalue weighted by atomic mass is 9.99. The number of hydrogen-bond donors (Lipinski definition) is 1. The highest BCUT2D eigenvalue weighted by molar-refractivity contribution is 7.10. The molecule has 0 radical (unpaired) electrons. The van der Waals surface area contributed by atoms with Gasteiger partial charge < -0.3 is 24.4 Å². The summed E-state index contributed by atoms with van der Waals surface area (Å²) in [6.07, 6.45) is 0. The van der Waals surface area contributed by atoms with E-state index in [9.17, 15) is 14.7 Å². The molecule has 1 aromatic heterocycles. The molecule has 0 bridgehead atoms. The monoisotopic (exact) mass is 442 g/mol. The summed E-state index contributed by atoms with van der Waals surface area (Å²) in [6.45, 7) is 7.81. The van der Waals surface area contributed by atoms with Gasteiger partial charge in [0.2, 0.25) is 0 Å². The zero-order valence-corrected chi connectivity index (χ0v) is 18.5. The van der Waals surface area contributed by atoms with Gasteiger partial charge in [0.25, 0.3) is 11.7 Å². The predicted octanol–water partition coefficient (Wildman–Crippen LogP) is 3.28. The van der Waals surface area contributed by atoms with Crippen LogP contribution in [-0.4, -0.2) is 66.0 Å². The highest BCUT2D eigenvalue weighted by Gasteiger charge is 2.46. The molecule has 2 aromatic rings. The van der Waals surface area contributed by atoms with Gasteiger partial charge in [-0.15, -0.1) is 11.3 Å². The Bertz CT molecular complexity index is 997. The lowest BCUT2D eigenvalue weighted by molar-refractivity contribution is -0.140. The average molecular weight is 443 g/mol. The number of benzene rings is 1. The van der Waals surface area contributed by atoms with Crippen LogP contribution in [0.2, 0.25) is 0 Å². The van der Waals surface area contributed by atoms with E-state index >= 15 is 0 Å². The molecule has 164 valence electrons. The molecule has 8 heteroatoms. The molecule has 1 N–H and O–H groups in total. The number of amides is 1. The van der Waals surface area contributed by atoms with Crippen molar-refractivity contribution in [3.05, 3.63) is 51.7 Å². The van der Waals surface area contributed by atoms with Crippen LogP contribution in [0.4, 0.5) is 0 Å². The first kappa shape index (κ1) is 21.4. The number of likely N-dealkylation sites (N-methyl/N-ethyl adjacent to an activating group) is 1. The standard InChI is InChI=1S/C23H26N2O5S/c1-3-24(4-2)9-10-25-20(18-6-5-13-31-18)19(22(27)23(25)28)21(26)15-7-8-16-17(14-15)30-12-11-29-16/h5-8,13-14,20,26H,3-4,9-12H2,1-2H3. The zero-order valence-electron chi connectivity index (χ0n) is 17.7. The quantitative estimate of drug-likeness (QED) is 0.403. The number of hydrogen-bond acceptors (Lipinski definition) is 7. The van der Waals surface area contributed by atoms with Crippen LogP contribution in [0.1, 0.15) is 30.3 Å². The van der Waals surface area contributed by atoms with E-state index in [0.29, 0.717) is 43.4 Å². The first-order valence-corrected chi connectivity index (χ1v) is 11.4. The van der Waals surface area contributed by atoms with E-state index in [4.69, 9.17) is 9.47 Å². The fraction of sp³-hybridized carbons (Fsp3) is 0.391. The largest absolute Gasteiger partial charge is 0.507 e. The second-order valence-electron chi connectivity index (χ2n) is 7.39. The summed E-state index contributed by atoms with van der Waals surface area (Å²) in [5.41, 5.74) is 0.538. The zero-order chi connectivity index (χ0) is 22.0. The summed E-state index contributed by atoms with van der Waals surface area (Å²) in [6, 6.07) is 8.21. The minimum Gasteiger partial charge on any atom is -0.507 e. The number of carbonyl (C=O) groups excluding carboxylic acids is 2. The van der Waals surface area contributed by atoms with Crippen molar-refractivity contribution in [2.75, 3.05) is 39.4 Å². The molecule has 1 unspecified atom stereocenters. The number of ether oxygens (including phenoxy) is 2. The average Bonchev–Trinajstić information content (AvgIpc) is 3.41. The van der Waals surface area contributed by atoms with Gasteiger partial charge in [-0.2, -0.15) is 0 Å². The summed E-state index contributed by atoms with van der Waals surface area (Å²) < 4.78 is 11.1. The van der Waals surface area contributed by atoms with Crippen molar-refractivity contribution in [3.63, 3.8) is 0 Å². The SMILES string of the molecule is CCN(CC)CCN1C(=O)C(=O)C(=C(O)c2ccc3c(c2)OCCO3)C1c1cccs1. The van der Waals surface area contributed by atoms with Gasteiger partial charge in [0.15, 0.2) is 11.5 Å². The first-order valence-electron chi connectivity index (χ1n) is 10.5. The normalized spacial score (nSPS) is 20.0. The number of ketones is 1. The lowest BCUT2D eigenvalue weighted by Crippen LogP contribution is -2.37. The van der Waals surface area contributed by atoms with E-state index in [1.54, 1.807) is 23.1 Å². The summed E-state index contributed by atoms with van der Waals surface area (Å²) in [4.78, 5) is 30.6. The summed E-state index contributed by atoms with van der Waals surface area (Å²) in [5.74, 6) is -0.329. The Hall–Kier alpha value is -2.84. The van der Waals surface area contributed by atoms with Gasteiger partial charge >= 0.3 is 0 Å². The molecule has 1 atom stereocenters. The molecule has 1 saturated heterocycles. The van der Waals surface area contributed by atoms with Gasteiger partial charge in [-0.05, 0) is 42.7 Å². The maximum Gasteiger partial charge on any atom is 0.295 e.